The number of ether oxygens (including phenoxy) is 1. The van der Waals surface area contributed by atoms with Gasteiger partial charge in [0.15, 0.2) is 5.69 Å². The Labute approximate surface area is 175 Å². The van der Waals surface area contributed by atoms with Crippen LogP contribution in [0, 0.1) is 6.92 Å². The largest absolute Gasteiger partial charge is 0.481 e. The Morgan fingerprint density at radius 3 is 2.23 bits per heavy atom. The smallest absolute Gasteiger partial charge is 0.278 e. The lowest BCUT2D eigenvalue weighted by Crippen LogP contribution is -2.50. The number of rotatable bonds is 4. The molecule has 0 saturated carbocycles. The van der Waals surface area contributed by atoms with E-state index in [4.69, 9.17) is 4.74 Å². The summed E-state index contributed by atoms with van der Waals surface area (Å²) in [5.74, 6) is -0.0643. The second-order valence-electron chi connectivity index (χ2n) is 7.26. The van der Waals surface area contributed by atoms with Gasteiger partial charge in [-0.2, -0.15) is 5.10 Å². The highest BCUT2D eigenvalue weighted by atomic mass is 16.5. The zero-order chi connectivity index (χ0) is 21.1. The number of anilines is 1. The molecule has 3 aromatic rings. The Bertz CT molecular complexity index is 1090. The van der Waals surface area contributed by atoms with Crippen molar-refractivity contribution in [2.45, 2.75) is 6.92 Å². The van der Waals surface area contributed by atoms with E-state index < -0.39 is 5.43 Å². The number of benzene rings is 2. The van der Waals surface area contributed by atoms with Gasteiger partial charge in [0.1, 0.15) is 0 Å². The van der Waals surface area contributed by atoms with Crippen LogP contribution in [-0.4, -0.2) is 53.9 Å². The van der Waals surface area contributed by atoms with Crippen molar-refractivity contribution < 1.29 is 9.53 Å². The number of piperazine rings is 1. The van der Waals surface area contributed by atoms with Crippen molar-refractivity contribution >= 4 is 11.6 Å². The summed E-state index contributed by atoms with van der Waals surface area (Å²) < 4.78 is 6.82. The van der Waals surface area contributed by atoms with Gasteiger partial charge in [-0.1, -0.05) is 35.9 Å². The Hall–Kier alpha value is -3.61. The molecule has 1 saturated heterocycles. The average molecular weight is 404 g/mol. The molecule has 0 radical (unpaired) electrons. The molecule has 1 amide bonds. The summed E-state index contributed by atoms with van der Waals surface area (Å²) in [5.41, 5.74) is 2.43. The van der Waals surface area contributed by atoms with E-state index >= 15 is 0 Å². The average Bonchev–Trinajstić information content (AvgIpc) is 2.80. The summed E-state index contributed by atoms with van der Waals surface area (Å²) >= 11 is 0. The normalized spacial score (nSPS) is 13.9. The van der Waals surface area contributed by atoms with Crippen LogP contribution in [0.4, 0.5) is 5.69 Å². The van der Waals surface area contributed by atoms with Crippen molar-refractivity contribution in [2.75, 3.05) is 38.2 Å². The minimum atomic E-state index is -0.439. The highest BCUT2D eigenvalue weighted by molar-refractivity contribution is 5.92. The van der Waals surface area contributed by atoms with E-state index in [1.165, 1.54) is 17.9 Å². The van der Waals surface area contributed by atoms with Crippen molar-refractivity contribution in [1.29, 1.82) is 0 Å². The molecule has 1 aliphatic rings. The van der Waals surface area contributed by atoms with E-state index in [2.05, 4.69) is 22.1 Å². The van der Waals surface area contributed by atoms with Gasteiger partial charge in [0.05, 0.1) is 18.9 Å². The summed E-state index contributed by atoms with van der Waals surface area (Å²) in [6, 6.07) is 19.1. The first-order valence-electron chi connectivity index (χ1n) is 9.91. The number of hydrogen-bond donors (Lipinski definition) is 0. The molecular formula is C23H24N4O3. The second-order valence-corrected chi connectivity index (χ2v) is 7.26. The van der Waals surface area contributed by atoms with Crippen LogP contribution in [0.5, 0.6) is 5.88 Å². The van der Waals surface area contributed by atoms with Crippen molar-refractivity contribution in [3.8, 4) is 11.6 Å². The van der Waals surface area contributed by atoms with Gasteiger partial charge >= 0.3 is 0 Å². The van der Waals surface area contributed by atoms with Crippen molar-refractivity contribution in [1.82, 2.24) is 14.7 Å². The maximum absolute atomic E-state index is 13.1. The van der Waals surface area contributed by atoms with Crippen LogP contribution in [0.25, 0.3) is 5.69 Å². The van der Waals surface area contributed by atoms with Gasteiger partial charge in [-0.25, -0.2) is 4.68 Å². The van der Waals surface area contributed by atoms with E-state index in [1.807, 2.05) is 49.4 Å². The Balaban J connectivity index is 1.58. The van der Waals surface area contributed by atoms with Crippen LogP contribution in [0.1, 0.15) is 16.1 Å². The molecule has 0 aliphatic carbocycles. The first-order chi connectivity index (χ1) is 14.6. The van der Waals surface area contributed by atoms with Crippen molar-refractivity contribution in [2.24, 2.45) is 0 Å². The third kappa shape index (κ3) is 3.91. The van der Waals surface area contributed by atoms with Gasteiger partial charge in [-0.15, -0.1) is 0 Å². The molecule has 0 atom stereocenters. The molecular weight excluding hydrogens is 380 g/mol. The number of nitrogens with zero attached hydrogens (tertiary/aromatic N) is 4. The summed E-state index contributed by atoms with van der Waals surface area (Å²) in [6.45, 7) is 4.47. The molecule has 1 aromatic heterocycles. The molecule has 0 N–H and O–H groups in total. The number of methoxy groups -OCH3 is 1. The molecule has 0 bridgehead atoms. The number of aryl methyl sites for hydroxylation is 1. The van der Waals surface area contributed by atoms with Gasteiger partial charge in [0.25, 0.3) is 5.91 Å². The molecule has 0 unspecified atom stereocenters. The monoisotopic (exact) mass is 404 g/mol. The van der Waals surface area contributed by atoms with Gasteiger partial charge in [0, 0.05) is 31.9 Å². The standard InChI is InChI=1S/C23H24N4O3/c1-17-8-10-19(11-9-17)27-21(30-2)16-20(28)22(24-27)23(29)26-14-12-25(13-15-26)18-6-4-3-5-7-18/h3-11,16H,12-15H2,1-2H3. The predicted molar refractivity (Wildman–Crippen MR) is 116 cm³/mol. The number of carbonyl (C=O) groups excluding carboxylic acids is 1. The molecule has 7 nitrogen and oxygen atoms in total. The lowest BCUT2D eigenvalue weighted by atomic mass is 10.2. The minimum Gasteiger partial charge on any atom is -0.481 e. The maximum Gasteiger partial charge on any atom is 0.278 e. The highest BCUT2D eigenvalue weighted by Gasteiger charge is 2.26. The van der Waals surface area contributed by atoms with Gasteiger partial charge in [-0.05, 0) is 31.2 Å². The summed E-state index contributed by atoms with van der Waals surface area (Å²) in [5, 5.41) is 4.37. The SMILES string of the molecule is COc1cc(=O)c(C(=O)N2CCN(c3ccccc3)CC2)nn1-c1ccc(C)cc1. The molecule has 2 aromatic carbocycles. The van der Waals surface area contributed by atoms with E-state index in [9.17, 15) is 9.59 Å². The van der Waals surface area contributed by atoms with Crippen LogP contribution >= 0.6 is 0 Å². The number of para-hydroxylation sites is 1. The molecule has 7 heteroatoms. The summed E-state index contributed by atoms with van der Waals surface area (Å²) in [6.07, 6.45) is 0. The van der Waals surface area contributed by atoms with Gasteiger partial charge in [0.2, 0.25) is 11.3 Å². The minimum absolute atomic E-state index is 0.0930. The molecule has 4 rings (SSSR count). The topological polar surface area (TPSA) is 67.7 Å². The number of aromatic nitrogens is 2. The zero-order valence-corrected chi connectivity index (χ0v) is 17.1. The van der Waals surface area contributed by atoms with Crippen LogP contribution in [0.3, 0.4) is 0 Å². The van der Waals surface area contributed by atoms with Gasteiger partial charge in [-0.3, -0.25) is 9.59 Å². The predicted octanol–water partition coefficient (Wildman–Crippen LogP) is 2.51. The van der Waals surface area contributed by atoms with Crippen molar-refractivity contribution in [3.63, 3.8) is 0 Å². The highest BCUT2D eigenvalue weighted by Crippen LogP contribution is 2.18. The number of amides is 1. The Morgan fingerprint density at radius 2 is 1.60 bits per heavy atom. The molecule has 1 aliphatic heterocycles. The first kappa shape index (κ1) is 19.7. The fourth-order valence-corrected chi connectivity index (χ4v) is 3.56. The molecule has 0 spiro atoms. The third-order valence-electron chi connectivity index (χ3n) is 5.28. The summed E-state index contributed by atoms with van der Waals surface area (Å²) in [4.78, 5) is 29.6. The van der Waals surface area contributed by atoms with Gasteiger partial charge < -0.3 is 14.5 Å². The zero-order valence-electron chi connectivity index (χ0n) is 17.1. The molecule has 2 heterocycles. The Morgan fingerprint density at radius 1 is 0.933 bits per heavy atom. The number of hydrogen-bond acceptors (Lipinski definition) is 5. The Kier molecular flexibility index (Phi) is 5.52. The quantitative estimate of drug-likeness (QED) is 0.668. The van der Waals surface area contributed by atoms with Crippen LogP contribution in [0.2, 0.25) is 0 Å². The lowest BCUT2D eigenvalue weighted by Gasteiger charge is -2.35. The molecule has 154 valence electrons. The maximum atomic E-state index is 13.1. The summed E-state index contributed by atoms with van der Waals surface area (Å²) in [7, 11) is 1.48. The van der Waals surface area contributed by atoms with E-state index in [-0.39, 0.29) is 17.5 Å². The fourth-order valence-electron chi connectivity index (χ4n) is 3.56. The molecule has 1 fully saturated rings. The second kappa shape index (κ2) is 8.41. The van der Waals surface area contributed by atoms with Crippen LogP contribution < -0.4 is 15.1 Å². The van der Waals surface area contributed by atoms with Crippen LogP contribution in [-0.2, 0) is 0 Å². The lowest BCUT2D eigenvalue weighted by molar-refractivity contribution is 0.0737. The number of carbonyl (C=O) groups is 1. The van der Waals surface area contributed by atoms with E-state index in [0.29, 0.717) is 26.2 Å². The van der Waals surface area contributed by atoms with Crippen molar-refractivity contribution in [3.05, 3.63) is 82.1 Å². The van der Waals surface area contributed by atoms with E-state index in [1.54, 1.807) is 4.90 Å². The van der Waals surface area contributed by atoms with Crippen LogP contribution in [0.15, 0.2) is 65.5 Å². The molecule has 30 heavy (non-hydrogen) atoms. The fraction of sp³-hybridized carbons (Fsp3) is 0.261. The third-order valence-corrected chi connectivity index (χ3v) is 5.28. The van der Waals surface area contributed by atoms with E-state index in [0.717, 1.165) is 16.9 Å². The first-order valence-corrected chi connectivity index (χ1v) is 9.91.